The highest BCUT2D eigenvalue weighted by atomic mass is 16.5. The number of rotatable bonds is 10. The average molecular weight is 520 g/mol. The Hall–Kier alpha value is -4.34. The topological polar surface area (TPSA) is 115 Å². The number of hydrogen-bond acceptors (Lipinski definition) is 6. The molecule has 0 fully saturated rings. The van der Waals surface area contributed by atoms with Gasteiger partial charge in [-0.2, -0.15) is 0 Å². The molecule has 38 heavy (non-hydrogen) atoms. The van der Waals surface area contributed by atoms with Crippen molar-refractivity contribution in [1.82, 2.24) is 25.1 Å². The average Bonchev–Trinajstić information content (AvgIpc) is 3.36. The number of aromatic nitrogens is 2. The van der Waals surface area contributed by atoms with Gasteiger partial charge in [0.25, 0.3) is 11.8 Å². The molecule has 200 valence electrons. The number of hydrogen-bond donors (Lipinski definition) is 2. The minimum atomic E-state index is -1.15. The summed E-state index contributed by atoms with van der Waals surface area (Å²) in [4.78, 5) is 46.0. The van der Waals surface area contributed by atoms with Crippen LogP contribution in [0.15, 0.2) is 54.9 Å². The first-order valence-electron chi connectivity index (χ1n) is 12.5. The van der Waals surface area contributed by atoms with E-state index in [-0.39, 0.29) is 30.4 Å². The highest BCUT2D eigenvalue weighted by molar-refractivity contribution is 6.07. The van der Waals surface area contributed by atoms with Crippen molar-refractivity contribution in [1.29, 1.82) is 0 Å². The summed E-state index contributed by atoms with van der Waals surface area (Å²) in [6, 6.07) is 14.8. The van der Waals surface area contributed by atoms with E-state index in [0.29, 0.717) is 25.3 Å². The molecule has 0 spiro atoms. The van der Waals surface area contributed by atoms with Gasteiger partial charge in [-0.15, -0.1) is 0 Å². The van der Waals surface area contributed by atoms with Crippen molar-refractivity contribution in [2.75, 3.05) is 20.8 Å². The number of nitrogens with one attached hydrogen (secondary N) is 2. The molecule has 0 unspecified atom stereocenters. The number of ether oxygens (including phenoxy) is 2. The third kappa shape index (κ3) is 5.34. The van der Waals surface area contributed by atoms with E-state index in [0.717, 1.165) is 16.9 Å². The van der Waals surface area contributed by atoms with Gasteiger partial charge in [0.15, 0.2) is 5.69 Å². The smallest absolute Gasteiger partial charge is 0.273 e. The molecule has 0 bridgehead atoms. The molecule has 10 nitrogen and oxygen atoms in total. The van der Waals surface area contributed by atoms with Crippen LogP contribution in [0.4, 0.5) is 0 Å². The summed E-state index contributed by atoms with van der Waals surface area (Å²) in [5.74, 6) is 0.280. The molecule has 1 aromatic heterocycles. The van der Waals surface area contributed by atoms with Crippen molar-refractivity contribution in [3.8, 4) is 11.5 Å². The molecule has 2 N–H and O–H groups in total. The molecule has 1 aliphatic rings. The van der Waals surface area contributed by atoms with Gasteiger partial charge in [-0.05, 0) is 48.7 Å². The summed E-state index contributed by atoms with van der Waals surface area (Å²) in [6.45, 7) is 4.79. The second-order valence-electron chi connectivity index (χ2n) is 9.37. The van der Waals surface area contributed by atoms with E-state index in [1.807, 2.05) is 55.5 Å². The zero-order valence-corrected chi connectivity index (χ0v) is 22.1. The minimum absolute atomic E-state index is 0.0414. The Kier molecular flexibility index (Phi) is 7.99. The molecule has 0 saturated carbocycles. The molecule has 1 atom stereocenters. The lowest BCUT2D eigenvalue weighted by Crippen LogP contribution is -2.64. The molecular weight excluding hydrogens is 486 g/mol. The second kappa shape index (κ2) is 11.4. The third-order valence-corrected chi connectivity index (χ3v) is 6.71. The number of benzene rings is 2. The molecule has 0 saturated heterocycles. The normalized spacial score (nSPS) is 16.5. The summed E-state index contributed by atoms with van der Waals surface area (Å²) in [6.07, 6.45) is 2.10. The first-order valence-corrected chi connectivity index (χ1v) is 12.5. The quantitative estimate of drug-likeness (QED) is 0.426. The van der Waals surface area contributed by atoms with Gasteiger partial charge in [-0.25, -0.2) is 4.98 Å². The molecule has 0 aliphatic carbocycles. The van der Waals surface area contributed by atoms with Crippen molar-refractivity contribution >= 4 is 17.7 Å². The van der Waals surface area contributed by atoms with Gasteiger partial charge in [0.2, 0.25) is 5.91 Å². The van der Waals surface area contributed by atoms with E-state index >= 15 is 0 Å². The van der Waals surface area contributed by atoms with Crippen molar-refractivity contribution < 1.29 is 23.9 Å². The SMILES string of the molecule is CCCN1C(=O)c2c(C(=O)NCc3cccc(OC)c3)ncn2C[C@]1(C)C(=O)NCc1ccc(OC)cc1. The summed E-state index contributed by atoms with van der Waals surface area (Å²) < 4.78 is 12.0. The number of methoxy groups -OCH3 is 2. The molecule has 2 heterocycles. The van der Waals surface area contributed by atoms with Crippen molar-refractivity contribution in [2.45, 2.75) is 45.4 Å². The van der Waals surface area contributed by atoms with Gasteiger partial charge in [-0.3, -0.25) is 14.4 Å². The van der Waals surface area contributed by atoms with E-state index < -0.39 is 17.4 Å². The van der Waals surface area contributed by atoms with Crippen LogP contribution in [0.2, 0.25) is 0 Å². The van der Waals surface area contributed by atoms with Crippen LogP contribution in [0.25, 0.3) is 0 Å². The maximum absolute atomic E-state index is 13.7. The van der Waals surface area contributed by atoms with Gasteiger partial charge < -0.3 is 29.6 Å². The first-order chi connectivity index (χ1) is 18.3. The fourth-order valence-corrected chi connectivity index (χ4v) is 4.59. The number of imidazole rings is 1. The third-order valence-electron chi connectivity index (χ3n) is 6.71. The summed E-state index contributed by atoms with van der Waals surface area (Å²) in [5.41, 5.74) is 0.833. The number of carbonyl (C=O) groups is 3. The van der Waals surface area contributed by atoms with Gasteiger partial charge in [0.1, 0.15) is 22.7 Å². The number of fused-ring (bicyclic) bond motifs is 1. The molecule has 2 aromatic carbocycles. The van der Waals surface area contributed by atoms with E-state index in [9.17, 15) is 14.4 Å². The van der Waals surface area contributed by atoms with Crippen LogP contribution in [0.1, 0.15) is 52.4 Å². The van der Waals surface area contributed by atoms with Crippen LogP contribution in [-0.4, -0.2) is 58.5 Å². The van der Waals surface area contributed by atoms with E-state index in [1.54, 1.807) is 30.6 Å². The van der Waals surface area contributed by atoms with Crippen LogP contribution in [0.5, 0.6) is 11.5 Å². The van der Waals surface area contributed by atoms with Crippen molar-refractivity contribution in [3.05, 3.63) is 77.4 Å². The van der Waals surface area contributed by atoms with Crippen LogP contribution < -0.4 is 20.1 Å². The molecule has 1 aliphatic heterocycles. The van der Waals surface area contributed by atoms with Gasteiger partial charge in [-0.1, -0.05) is 31.2 Å². The fraction of sp³-hybridized carbons (Fsp3) is 0.357. The molecular formula is C28H33N5O5. The Morgan fingerprint density at radius 1 is 1.00 bits per heavy atom. The van der Waals surface area contributed by atoms with Gasteiger partial charge >= 0.3 is 0 Å². The predicted octanol–water partition coefficient (Wildman–Crippen LogP) is 2.77. The highest BCUT2D eigenvalue weighted by Crippen LogP contribution is 2.29. The first kappa shape index (κ1) is 26.7. The Labute approximate surface area is 221 Å². The standard InChI is InChI=1S/C28H33N5O5/c1-5-13-33-26(35)24-23(25(34)29-16-20-7-6-8-22(14-20)38-4)31-18-32(24)17-28(33,2)27(36)30-15-19-9-11-21(37-3)12-10-19/h6-12,14,18H,5,13,15-17H2,1-4H3,(H,29,34)(H,30,36)/t28-/m1/s1. The maximum atomic E-state index is 13.7. The van der Waals surface area contributed by atoms with Crippen LogP contribution in [0.3, 0.4) is 0 Å². The van der Waals surface area contributed by atoms with E-state index in [2.05, 4.69) is 15.6 Å². The maximum Gasteiger partial charge on any atom is 0.273 e. The van der Waals surface area contributed by atoms with Gasteiger partial charge in [0, 0.05) is 19.6 Å². The number of amides is 3. The molecule has 3 aromatic rings. The van der Waals surface area contributed by atoms with Crippen molar-refractivity contribution in [3.63, 3.8) is 0 Å². The lowest BCUT2D eigenvalue weighted by molar-refractivity contribution is -0.133. The summed E-state index contributed by atoms with van der Waals surface area (Å²) in [5, 5.41) is 5.80. The monoisotopic (exact) mass is 519 g/mol. The molecule has 4 rings (SSSR count). The van der Waals surface area contributed by atoms with Crippen molar-refractivity contribution in [2.24, 2.45) is 0 Å². The highest BCUT2D eigenvalue weighted by Gasteiger charge is 2.48. The molecule has 0 radical (unpaired) electrons. The van der Waals surface area contributed by atoms with E-state index in [4.69, 9.17) is 9.47 Å². The van der Waals surface area contributed by atoms with Crippen LogP contribution in [-0.2, 0) is 24.4 Å². The largest absolute Gasteiger partial charge is 0.497 e. The number of carbonyl (C=O) groups excluding carboxylic acids is 3. The Morgan fingerprint density at radius 3 is 2.39 bits per heavy atom. The van der Waals surface area contributed by atoms with Gasteiger partial charge in [0.05, 0.1) is 27.1 Å². The Bertz CT molecular complexity index is 1320. The van der Waals surface area contributed by atoms with Crippen LogP contribution in [0, 0.1) is 0 Å². The second-order valence-corrected chi connectivity index (χ2v) is 9.37. The Morgan fingerprint density at radius 2 is 1.71 bits per heavy atom. The Balaban J connectivity index is 1.51. The number of nitrogens with zero attached hydrogens (tertiary/aromatic N) is 3. The molecule has 10 heteroatoms. The van der Waals surface area contributed by atoms with Crippen LogP contribution >= 0.6 is 0 Å². The zero-order chi connectivity index (χ0) is 27.3. The predicted molar refractivity (Wildman–Crippen MR) is 141 cm³/mol. The fourth-order valence-electron chi connectivity index (χ4n) is 4.59. The lowest BCUT2D eigenvalue weighted by Gasteiger charge is -2.43. The summed E-state index contributed by atoms with van der Waals surface area (Å²) >= 11 is 0. The minimum Gasteiger partial charge on any atom is -0.497 e. The summed E-state index contributed by atoms with van der Waals surface area (Å²) in [7, 11) is 3.18. The zero-order valence-electron chi connectivity index (χ0n) is 22.1. The molecule has 3 amide bonds. The van der Waals surface area contributed by atoms with E-state index in [1.165, 1.54) is 6.33 Å². The lowest BCUT2D eigenvalue weighted by atomic mass is 9.93.